The molecule has 2 heterocycles. The third kappa shape index (κ3) is 3.28. The molecule has 0 N–H and O–H groups in total. The fourth-order valence-corrected chi connectivity index (χ4v) is 2.90. The minimum Gasteiger partial charge on any atom is -0.368 e. The molecule has 5 nitrogen and oxygen atoms in total. The fraction of sp³-hybridized carbons (Fsp3) is 0.333. The molecule has 1 aromatic carbocycles. The van der Waals surface area contributed by atoms with E-state index in [9.17, 15) is 4.79 Å². The summed E-state index contributed by atoms with van der Waals surface area (Å²) in [7, 11) is 3.82. The summed E-state index contributed by atoms with van der Waals surface area (Å²) in [5.41, 5.74) is 1.89. The number of rotatable bonds is 3. The number of pyridine rings is 1. The van der Waals surface area contributed by atoms with Crippen molar-refractivity contribution in [3.8, 4) is 0 Å². The lowest BCUT2D eigenvalue weighted by molar-refractivity contribution is 0.0747. The van der Waals surface area contributed by atoms with E-state index in [1.807, 2.05) is 54.2 Å². The number of benzene rings is 1. The summed E-state index contributed by atoms with van der Waals surface area (Å²) in [5.74, 6) is 0.789. The highest BCUT2D eigenvalue weighted by Crippen LogP contribution is 2.20. The Kier molecular flexibility index (Phi) is 4.46. The van der Waals surface area contributed by atoms with Crippen molar-refractivity contribution >= 4 is 17.4 Å². The Balaban J connectivity index is 1.69. The van der Waals surface area contributed by atoms with Gasteiger partial charge in [0.25, 0.3) is 5.91 Å². The Morgan fingerprint density at radius 2 is 1.70 bits per heavy atom. The summed E-state index contributed by atoms with van der Waals surface area (Å²) in [4.78, 5) is 23.3. The van der Waals surface area contributed by atoms with Crippen molar-refractivity contribution in [2.24, 2.45) is 0 Å². The van der Waals surface area contributed by atoms with Crippen LogP contribution in [0.25, 0.3) is 0 Å². The Bertz CT molecular complexity index is 664. The van der Waals surface area contributed by atoms with Gasteiger partial charge < -0.3 is 14.7 Å². The van der Waals surface area contributed by atoms with Crippen LogP contribution in [0.1, 0.15) is 10.4 Å². The summed E-state index contributed by atoms with van der Waals surface area (Å²) in [6.45, 7) is 3.17. The van der Waals surface area contributed by atoms with Crippen LogP contribution < -0.4 is 9.80 Å². The molecule has 0 aliphatic carbocycles. The number of carbonyl (C=O) groups excluding carboxylic acids is 1. The molecule has 1 aliphatic rings. The summed E-state index contributed by atoms with van der Waals surface area (Å²) in [5, 5.41) is 0. The van der Waals surface area contributed by atoms with Gasteiger partial charge in [-0.2, -0.15) is 0 Å². The van der Waals surface area contributed by atoms with Gasteiger partial charge in [0.1, 0.15) is 5.82 Å². The van der Waals surface area contributed by atoms with E-state index < -0.39 is 0 Å². The Morgan fingerprint density at radius 1 is 1.00 bits per heavy atom. The molecule has 0 saturated carbocycles. The monoisotopic (exact) mass is 310 g/mol. The van der Waals surface area contributed by atoms with Crippen molar-refractivity contribution in [2.75, 3.05) is 50.1 Å². The first kappa shape index (κ1) is 15.3. The number of para-hydroxylation sites is 1. The molecule has 2 aromatic rings. The SMILES string of the molecule is CN(C)c1ncccc1C(=O)N1CCN(c2ccccc2)CC1. The van der Waals surface area contributed by atoms with Crippen molar-refractivity contribution in [3.05, 3.63) is 54.2 Å². The number of piperazine rings is 1. The zero-order chi connectivity index (χ0) is 16.2. The first-order valence-electron chi connectivity index (χ1n) is 7.88. The summed E-state index contributed by atoms with van der Waals surface area (Å²) in [6, 6.07) is 14.0. The van der Waals surface area contributed by atoms with Gasteiger partial charge in [-0.25, -0.2) is 4.98 Å². The molecule has 1 aromatic heterocycles. The van der Waals surface area contributed by atoms with Crippen molar-refractivity contribution in [1.29, 1.82) is 0 Å². The van der Waals surface area contributed by atoms with E-state index >= 15 is 0 Å². The van der Waals surface area contributed by atoms with Gasteiger partial charge in [-0.1, -0.05) is 18.2 Å². The second kappa shape index (κ2) is 6.69. The normalized spacial score (nSPS) is 14.7. The Morgan fingerprint density at radius 3 is 2.35 bits per heavy atom. The molecule has 0 radical (unpaired) electrons. The summed E-state index contributed by atoms with van der Waals surface area (Å²) >= 11 is 0. The largest absolute Gasteiger partial charge is 0.368 e. The van der Waals surface area contributed by atoms with Crippen LogP contribution in [0, 0.1) is 0 Å². The van der Waals surface area contributed by atoms with Gasteiger partial charge in [-0.15, -0.1) is 0 Å². The van der Waals surface area contributed by atoms with Crippen molar-refractivity contribution in [3.63, 3.8) is 0 Å². The van der Waals surface area contributed by atoms with Crippen LogP contribution >= 0.6 is 0 Å². The highest BCUT2D eigenvalue weighted by molar-refractivity contribution is 5.99. The molecule has 1 saturated heterocycles. The van der Waals surface area contributed by atoms with E-state index in [1.54, 1.807) is 6.20 Å². The number of nitrogens with zero attached hydrogens (tertiary/aromatic N) is 4. The van der Waals surface area contributed by atoms with Gasteiger partial charge in [-0.3, -0.25) is 4.79 Å². The number of aromatic nitrogens is 1. The number of anilines is 2. The number of carbonyl (C=O) groups is 1. The van der Waals surface area contributed by atoms with E-state index in [4.69, 9.17) is 0 Å². The lowest BCUT2D eigenvalue weighted by Crippen LogP contribution is -2.49. The van der Waals surface area contributed by atoms with Crippen molar-refractivity contribution < 1.29 is 4.79 Å². The van der Waals surface area contributed by atoms with Crippen LogP contribution in [0.3, 0.4) is 0 Å². The average molecular weight is 310 g/mol. The van der Waals surface area contributed by atoms with Gasteiger partial charge in [0.05, 0.1) is 5.56 Å². The molecule has 120 valence electrons. The predicted octanol–water partition coefficient (Wildman–Crippen LogP) is 2.11. The first-order valence-corrected chi connectivity index (χ1v) is 7.88. The molecule has 0 unspecified atom stereocenters. The van der Waals surface area contributed by atoms with E-state index in [1.165, 1.54) is 5.69 Å². The van der Waals surface area contributed by atoms with Crippen LogP contribution in [0.5, 0.6) is 0 Å². The quantitative estimate of drug-likeness (QED) is 0.870. The molecule has 5 heteroatoms. The number of hydrogen-bond acceptors (Lipinski definition) is 4. The second-order valence-electron chi connectivity index (χ2n) is 5.88. The van der Waals surface area contributed by atoms with E-state index in [0.717, 1.165) is 32.0 Å². The molecule has 0 atom stereocenters. The number of hydrogen-bond donors (Lipinski definition) is 0. The molecule has 1 fully saturated rings. The highest BCUT2D eigenvalue weighted by Gasteiger charge is 2.24. The molecule has 3 rings (SSSR count). The highest BCUT2D eigenvalue weighted by atomic mass is 16.2. The fourth-order valence-electron chi connectivity index (χ4n) is 2.90. The van der Waals surface area contributed by atoms with Crippen LogP contribution in [0.2, 0.25) is 0 Å². The molecular weight excluding hydrogens is 288 g/mol. The molecular formula is C18H22N4O. The zero-order valence-electron chi connectivity index (χ0n) is 13.6. The van der Waals surface area contributed by atoms with Gasteiger partial charge in [-0.05, 0) is 24.3 Å². The molecule has 23 heavy (non-hydrogen) atoms. The maximum absolute atomic E-state index is 12.8. The maximum atomic E-state index is 12.8. The molecule has 1 amide bonds. The van der Waals surface area contributed by atoms with Gasteiger partial charge in [0, 0.05) is 52.2 Å². The average Bonchev–Trinajstić information content (AvgIpc) is 2.62. The van der Waals surface area contributed by atoms with Crippen LogP contribution in [-0.4, -0.2) is 56.1 Å². The van der Waals surface area contributed by atoms with E-state index in [-0.39, 0.29) is 5.91 Å². The van der Waals surface area contributed by atoms with Gasteiger partial charge in [0.2, 0.25) is 0 Å². The first-order chi connectivity index (χ1) is 11.2. The molecule has 0 bridgehead atoms. The van der Waals surface area contributed by atoms with Crippen molar-refractivity contribution in [1.82, 2.24) is 9.88 Å². The summed E-state index contributed by atoms with van der Waals surface area (Å²) < 4.78 is 0. The van der Waals surface area contributed by atoms with Crippen LogP contribution in [0.15, 0.2) is 48.7 Å². The van der Waals surface area contributed by atoms with E-state index in [0.29, 0.717) is 5.56 Å². The van der Waals surface area contributed by atoms with E-state index in [2.05, 4.69) is 22.0 Å². The van der Waals surface area contributed by atoms with Gasteiger partial charge in [0.15, 0.2) is 0 Å². The Hall–Kier alpha value is -2.56. The summed E-state index contributed by atoms with van der Waals surface area (Å²) in [6.07, 6.45) is 1.72. The minimum absolute atomic E-state index is 0.0644. The maximum Gasteiger partial charge on any atom is 0.257 e. The van der Waals surface area contributed by atoms with Crippen molar-refractivity contribution in [2.45, 2.75) is 0 Å². The van der Waals surface area contributed by atoms with Gasteiger partial charge >= 0.3 is 0 Å². The molecule has 1 aliphatic heterocycles. The third-order valence-corrected chi connectivity index (χ3v) is 4.13. The molecule has 0 spiro atoms. The number of amides is 1. The van der Waals surface area contributed by atoms with Crippen LogP contribution in [0.4, 0.5) is 11.5 Å². The minimum atomic E-state index is 0.0644. The van der Waals surface area contributed by atoms with Crippen LogP contribution in [-0.2, 0) is 0 Å². The predicted molar refractivity (Wildman–Crippen MR) is 93.1 cm³/mol. The third-order valence-electron chi connectivity index (χ3n) is 4.13. The standard InChI is InChI=1S/C18H22N4O/c1-20(2)17-16(9-6-10-19-17)18(23)22-13-11-21(12-14-22)15-7-4-3-5-8-15/h3-10H,11-14H2,1-2H3. The smallest absolute Gasteiger partial charge is 0.257 e. The topological polar surface area (TPSA) is 39.7 Å². The lowest BCUT2D eigenvalue weighted by atomic mass is 10.2. The zero-order valence-corrected chi connectivity index (χ0v) is 13.6. The Labute approximate surface area is 137 Å². The lowest BCUT2D eigenvalue weighted by Gasteiger charge is -2.36. The second-order valence-corrected chi connectivity index (χ2v) is 5.88.